The summed E-state index contributed by atoms with van der Waals surface area (Å²) in [5, 5.41) is 2.85. The molecular formula is C22H30N4O3S2. The number of hydrogen-bond donors (Lipinski definition) is 2. The molecule has 4 rings (SSSR count). The van der Waals surface area contributed by atoms with Gasteiger partial charge in [-0.3, -0.25) is 9.69 Å². The molecule has 0 saturated carbocycles. The van der Waals surface area contributed by atoms with Crippen LogP contribution in [0.4, 0.5) is 5.69 Å². The third-order valence-corrected chi connectivity index (χ3v) is 8.87. The quantitative estimate of drug-likeness (QED) is 0.687. The van der Waals surface area contributed by atoms with Gasteiger partial charge in [-0.1, -0.05) is 18.6 Å². The van der Waals surface area contributed by atoms with Crippen LogP contribution in [0.5, 0.6) is 0 Å². The number of amides is 1. The molecule has 1 aromatic carbocycles. The standard InChI is InChI=1S/C22H30N4O3S2/c1-17-4-2-3-9-25(17)16-18-5-7-19(8-6-18)24-22(27)21-14-20(15-23-21)31(28,29)26-10-12-30-13-11-26/h5-8,14-15,17,23H,2-4,9-13,16H2,1H3,(H,24,27). The van der Waals surface area contributed by atoms with Gasteiger partial charge in [-0.2, -0.15) is 16.1 Å². The molecule has 2 N–H and O–H groups in total. The summed E-state index contributed by atoms with van der Waals surface area (Å²) in [5.74, 6) is 1.24. The summed E-state index contributed by atoms with van der Waals surface area (Å²) >= 11 is 1.75. The first kappa shape index (κ1) is 22.4. The Morgan fingerprint density at radius 1 is 1.16 bits per heavy atom. The van der Waals surface area contributed by atoms with Gasteiger partial charge in [0, 0.05) is 49.1 Å². The number of aromatic amines is 1. The van der Waals surface area contributed by atoms with E-state index in [2.05, 4.69) is 22.1 Å². The van der Waals surface area contributed by atoms with Gasteiger partial charge in [0.25, 0.3) is 5.91 Å². The zero-order valence-corrected chi connectivity index (χ0v) is 19.5. The smallest absolute Gasteiger partial charge is 0.272 e. The van der Waals surface area contributed by atoms with Gasteiger partial charge in [0.2, 0.25) is 10.0 Å². The summed E-state index contributed by atoms with van der Waals surface area (Å²) in [6.45, 7) is 5.34. The highest BCUT2D eigenvalue weighted by molar-refractivity contribution is 7.99. The van der Waals surface area contributed by atoms with Crippen LogP contribution in [0.2, 0.25) is 0 Å². The Bertz CT molecular complexity index is 998. The molecule has 1 amide bonds. The van der Waals surface area contributed by atoms with Crippen molar-refractivity contribution >= 4 is 33.4 Å². The van der Waals surface area contributed by atoms with Gasteiger partial charge in [0.05, 0.1) is 0 Å². The van der Waals surface area contributed by atoms with E-state index in [0.717, 1.165) is 24.6 Å². The maximum Gasteiger partial charge on any atom is 0.272 e. The predicted octanol–water partition coefficient (Wildman–Crippen LogP) is 3.38. The van der Waals surface area contributed by atoms with Crippen molar-refractivity contribution in [1.82, 2.24) is 14.2 Å². The third kappa shape index (κ3) is 5.34. The highest BCUT2D eigenvalue weighted by Gasteiger charge is 2.27. The topological polar surface area (TPSA) is 85.5 Å². The number of H-pyrrole nitrogens is 1. The second kappa shape index (κ2) is 9.77. The number of sulfonamides is 1. The van der Waals surface area contributed by atoms with Crippen LogP contribution in [-0.4, -0.2) is 65.7 Å². The molecule has 2 aliphatic heterocycles. The summed E-state index contributed by atoms with van der Waals surface area (Å²) < 4.78 is 27.0. The second-order valence-electron chi connectivity index (χ2n) is 8.23. The molecule has 2 saturated heterocycles. The lowest BCUT2D eigenvalue weighted by Crippen LogP contribution is -2.37. The van der Waals surface area contributed by atoms with Crippen molar-refractivity contribution in [3.05, 3.63) is 47.8 Å². The van der Waals surface area contributed by atoms with Crippen molar-refractivity contribution < 1.29 is 13.2 Å². The SMILES string of the molecule is CC1CCCCN1Cc1ccc(NC(=O)c2cc(S(=O)(=O)N3CCSCC3)c[nH]2)cc1. The van der Waals surface area contributed by atoms with Crippen LogP contribution in [0, 0.1) is 0 Å². The molecule has 9 heteroatoms. The van der Waals surface area contributed by atoms with Gasteiger partial charge in [0.15, 0.2) is 0 Å². The third-order valence-electron chi connectivity index (χ3n) is 6.05. The molecule has 0 aliphatic carbocycles. The fourth-order valence-corrected chi connectivity index (χ4v) is 6.68. The zero-order chi connectivity index (χ0) is 21.8. The highest BCUT2D eigenvalue weighted by Crippen LogP contribution is 2.22. The van der Waals surface area contributed by atoms with Crippen LogP contribution in [0.25, 0.3) is 0 Å². The zero-order valence-electron chi connectivity index (χ0n) is 17.8. The lowest BCUT2D eigenvalue weighted by molar-refractivity contribution is 0.102. The first-order chi connectivity index (χ1) is 14.9. The summed E-state index contributed by atoms with van der Waals surface area (Å²) in [4.78, 5) is 18.1. The van der Waals surface area contributed by atoms with Crippen LogP contribution in [0.1, 0.15) is 42.2 Å². The van der Waals surface area contributed by atoms with E-state index >= 15 is 0 Å². The summed E-state index contributed by atoms with van der Waals surface area (Å²) in [5.41, 5.74) is 2.14. The lowest BCUT2D eigenvalue weighted by Gasteiger charge is -2.33. The number of aromatic nitrogens is 1. The monoisotopic (exact) mass is 462 g/mol. The number of benzene rings is 1. The fraction of sp³-hybridized carbons (Fsp3) is 0.500. The number of nitrogens with one attached hydrogen (secondary N) is 2. The molecule has 2 aromatic rings. The second-order valence-corrected chi connectivity index (χ2v) is 11.4. The molecule has 2 aliphatic rings. The van der Waals surface area contributed by atoms with E-state index in [9.17, 15) is 13.2 Å². The summed E-state index contributed by atoms with van der Waals surface area (Å²) in [6, 6.07) is 9.89. The Balaban J connectivity index is 1.37. The normalized spacial score (nSPS) is 21.1. The Morgan fingerprint density at radius 3 is 2.61 bits per heavy atom. The molecular weight excluding hydrogens is 432 g/mol. The number of nitrogens with zero attached hydrogens (tertiary/aromatic N) is 2. The largest absolute Gasteiger partial charge is 0.356 e. The van der Waals surface area contributed by atoms with E-state index in [0.29, 0.717) is 24.8 Å². The lowest BCUT2D eigenvalue weighted by atomic mass is 10.0. The number of anilines is 1. The van der Waals surface area contributed by atoms with E-state index in [1.807, 2.05) is 24.3 Å². The van der Waals surface area contributed by atoms with Crippen molar-refractivity contribution in [3.63, 3.8) is 0 Å². The molecule has 0 bridgehead atoms. The molecule has 31 heavy (non-hydrogen) atoms. The van der Waals surface area contributed by atoms with Gasteiger partial charge in [-0.15, -0.1) is 0 Å². The number of hydrogen-bond acceptors (Lipinski definition) is 5. The number of thioether (sulfide) groups is 1. The predicted molar refractivity (Wildman–Crippen MR) is 125 cm³/mol. The average molecular weight is 463 g/mol. The minimum atomic E-state index is -3.57. The summed E-state index contributed by atoms with van der Waals surface area (Å²) in [6.07, 6.45) is 5.21. The van der Waals surface area contributed by atoms with Crippen LogP contribution in [0.15, 0.2) is 41.4 Å². The maximum absolute atomic E-state index is 12.8. The molecule has 7 nitrogen and oxygen atoms in total. The number of rotatable bonds is 6. The van der Waals surface area contributed by atoms with Crippen molar-refractivity contribution in [2.45, 2.75) is 43.7 Å². The van der Waals surface area contributed by atoms with Gasteiger partial charge >= 0.3 is 0 Å². The number of likely N-dealkylation sites (tertiary alicyclic amines) is 1. The maximum atomic E-state index is 12.8. The first-order valence-electron chi connectivity index (χ1n) is 10.8. The molecule has 1 atom stereocenters. The summed E-state index contributed by atoms with van der Waals surface area (Å²) in [7, 11) is -3.57. The van der Waals surface area contributed by atoms with Gasteiger partial charge in [0.1, 0.15) is 10.6 Å². The molecule has 3 heterocycles. The van der Waals surface area contributed by atoms with E-state index in [4.69, 9.17) is 0 Å². The average Bonchev–Trinajstić information content (AvgIpc) is 3.29. The van der Waals surface area contributed by atoms with Crippen LogP contribution >= 0.6 is 11.8 Å². The minimum Gasteiger partial charge on any atom is -0.356 e. The Hall–Kier alpha value is -1.81. The fourth-order valence-electron chi connectivity index (χ4n) is 4.11. The minimum absolute atomic E-state index is 0.135. The van der Waals surface area contributed by atoms with E-state index in [-0.39, 0.29) is 16.5 Å². The van der Waals surface area contributed by atoms with Crippen molar-refractivity contribution in [1.29, 1.82) is 0 Å². The number of carbonyl (C=O) groups excluding carboxylic acids is 1. The Labute approximate surface area is 188 Å². The molecule has 0 spiro atoms. The number of carbonyl (C=O) groups is 1. The van der Waals surface area contributed by atoms with E-state index in [1.165, 1.54) is 41.4 Å². The molecule has 1 unspecified atom stereocenters. The molecule has 2 fully saturated rings. The molecule has 168 valence electrons. The molecule has 0 radical (unpaired) electrons. The van der Waals surface area contributed by atoms with Crippen molar-refractivity contribution in [3.8, 4) is 0 Å². The Morgan fingerprint density at radius 2 is 1.90 bits per heavy atom. The van der Waals surface area contributed by atoms with Crippen molar-refractivity contribution in [2.24, 2.45) is 0 Å². The molecule has 1 aromatic heterocycles. The highest BCUT2D eigenvalue weighted by atomic mass is 32.2. The number of piperidine rings is 1. The van der Waals surface area contributed by atoms with Crippen LogP contribution < -0.4 is 5.32 Å². The van der Waals surface area contributed by atoms with E-state index in [1.54, 1.807) is 11.8 Å². The van der Waals surface area contributed by atoms with Gasteiger partial charge in [-0.05, 0) is 50.1 Å². The van der Waals surface area contributed by atoms with Crippen LogP contribution in [0.3, 0.4) is 0 Å². The van der Waals surface area contributed by atoms with Gasteiger partial charge in [-0.25, -0.2) is 8.42 Å². The van der Waals surface area contributed by atoms with Crippen LogP contribution in [-0.2, 0) is 16.6 Å². The van der Waals surface area contributed by atoms with Crippen molar-refractivity contribution in [2.75, 3.05) is 36.5 Å². The van der Waals surface area contributed by atoms with Gasteiger partial charge < -0.3 is 10.3 Å². The first-order valence-corrected chi connectivity index (χ1v) is 13.4. The Kier molecular flexibility index (Phi) is 7.05. The van der Waals surface area contributed by atoms with E-state index < -0.39 is 10.0 Å².